The van der Waals surface area contributed by atoms with Gasteiger partial charge in [-0.15, -0.1) is 0 Å². The Kier molecular flexibility index (Phi) is 6.13. The Bertz CT molecular complexity index is 774. The van der Waals surface area contributed by atoms with Crippen LogP contribution in [0.15, 0.2) is 30.5 Å². The zero-order valence-electron chi connectivity index (χ0n) is 16.2. The number of aromatic amines is 1. The molecule has 2 heterocycles. The number of nitrogens with one attached hydrogen (secondary N) is 1. The van der Waals surface area contributed by atoms with E-state index in [9.17, 15) is 9.90 Å². The van der Waals surface area contributed by atoms with Crippen molar-refractivity contribution in [2.75, 3.05) is 33.3 Å². The first-order chi connectivity index (χ1) is 13.0. The number of carbonyl (C=O) groups is 1. The van der Waals surface area contributed by atoms with E-state index in [4.69, 9.17) is 4.74 Å². The van der Waals surface area contributed by atoms with Gasteiger partial charge in [-0.1, -0.05) is 26.0 Å². The fraction of sp³-hybridized carbons (Fsp3) is 0.500. The molecule has 7 nitrogen and oxygen atoms in total. The first-order valence-electron chi connectivity index (χ1n) is 9.31. The third kappa shape index (κ3) is 4.87. The van der Waals surface area contributed by atoms with Crippen LogP contribution in [-0.2, 0) is 11.3 Å². The molecule has 0 saturated carbocycles. The van der Waals surface area contributed by atoms with Crippen LogP contribution in [0.2, 0.25) is 0 Å². The molecule has 1 aromatic heterocycles. The summed E-state index contributed by atoms with van der Waals surface area (Å²) in [6.45, 7) is 6.52. The normalized spacial score (nSPS) is 18.8. The van der Waals surface area contributed by atoms with Crippen LogP contribution < -0.4 is 4.74 Å². The number of aromatic nitrogens is 2. The van der Waals surface area contributed by atoms with Gasteiger partial charge in [-0.2, -0.15) is 5.10 Å². The number of benzene rings is 1. The second-order valence-electron chi connectivity index (χ2n) is 7.52. The maximum absolute atomic E-state index is 12.6. The number of H-pyrrole nitrogens is 1. The van der Waals surface area contributed by atoms with Gasteiger partial charge in [0.05, 0.1) is 31.6 Å². The molecule has 3 rings (SSSR count). The lowest BCUT2D eigenvalue weighted by Gasteiger charge is -2.23. The SMILES string of the molecule is COc1cccc(-c2[nH]ncc2CN2CC(=O)N(CC(C)C)CC(O)C2)c1. The molecule has 0 bridgehead atoms. The van der Waals surface area contributed by atoms with Gasteiger partial charge in [-0.3, -0.25) is 14.8 Å². The van der Waals surface area contributed by atoms with Crippen LogP contribution in [0.3, 0.4) is 0 Å². The van der Waals surface area contributed by atoms with Crippen molar-refractivity contribution >= 4 is 5.91 Å². The summed E-state index contributed by atoms with van der Waals surface area (Å²) in [6, 6.07) is 7.77. The number of β-amino-alcohol motifs (C(OH)–C–C–N with tert-alkyl or cyclic N) is 1. The second kappa shape index (κ2) is 8.54. The molecule has 1 atom stereocenters. The van der Waals surface area contributed by atoms with Crippen LogP contribution in [0.5, 0.6) is 5.75 Å². The van der Waals surface area contributed by atoms with E-state index in [-0.39, 0.29) is 5.91 Å². The number of aliphatic hydroxyl groups is 1. The minimum atomic E-state index is -0.553. The molecule has 2 aromatic rings. The van der Waals surface area contributed by atoms with Gasteiger partial charge >= 0.3 is 0 Å². The third-order valence-corrected chi connectivity index (χ3v) is 4.67. The van der Waals surface area contributed by atoms with Crippen molar-refractivity contribution in [3.63, 3.8) is 0 Å². The molecule has 146 valence electrons. The third-order valence-electron chi connectivity index (χ3n) is 4.67. The van der Waals surface area contributed by atoms with Gasteiger partial charge in [-0.25, -0.2) is 0 Å². The minimum Gasteiger partial charge on any atom is -0.497 e. The quantitative estimate of drug-likeness (QED) is 0.807. The van der Waals surface area contributed by atoms with Gasteiger partial charge in [-0.05, 0) is 18.1 Å². The van der Waals surface area contributed by atoms with E-state index in [0.717, 1.165) is 22.6 Å². The van der Waals surface area contributed by atoms with Gasteiger partial charge in [0.1, 0.15) is 5.75 Å². The smallest absolute Gasteiger partial charge is 0.236 e. The Labute approximate surface area is 159 Å². The number of hydrogen-bond acceptors (Lipinski definition) is 5. The lowest BCUT2D eigenvalue weighted by molar-refractivity contribution is -0.132. The van der Waals surface area contributed by atoms with Crippen LogP contribution in [0.4, 0.5) is 0 Å². The molecule has 0 aliphatic carbocycles. The van der Waals surface area contributed by atoms with Crippen molar-refractivity contribution in [2.45, 2.75) is 26.5 Å². The molecule has 1 fully saturated rings. The number of aliphatic hydroxyl groups excluding tert-OH is 1. The van der Waals surface area contributed by atoms with Crippen molar-refractivity contribution in [1.82, 2.24) is 20.0 Å². The number of rotatable bonds is 6. The Morgan fingerprint density at radius 1 is 1.37 bits per heavy atom. The highest BCUT2D eigenvalue weighted by Crippen LogP contribution is 2.26. The molecule has 1 unspecified atom stereocenters. The van der Waals surface area contributed by atoms with Crippen molar-refractivity contribution < 1.29 is 14.6 Å². The Hall–Kier alpha value is -2.38. The molecule has 0 spiro atoms. The van der Waals surface area contributed by atoms with E-state index in [1.165, 1.54) is 0 Å². The first-order valence-corrected chi connectivity index (χ1v) is 9.31. The summed E-state index contributed by atoms with van der Waals surface area (Å²) in [5.74, 6) is 1.21. The zero-order chi connectivity index (χ0) is 19.4. The van der Waals surface area contributed by atoms with Crippen LogP contribution >= 0.6 is 0 Å². The molecule has 1 aliphatic heterocycles. The molecule has 1 aliphatic rings. The lowest BCUT2D eigenvalue weighted by atomic mass is 10.1. The van der Waals surface area contributed by atoms with Gasteiger partial charge < -0.3 is 14.7 Å². The Morgan fingerprint density at radius 2 is 2.19 bits per heavy atom. The highest BCUT2D eigenvalue weighted by atomic mass is 16.5. The van der Waals surface area contributed by atoms with Gasteiger partial charge in [0.15, 0.2) is 0 Å². The van der Waals surface area contributed by atoms with E-state index < -0.39 is 6.10 Å². The number of hydrogen-bond donors (Lipinski definition) is 2. The minimum absolute atomic E-state index is 0.0617. The highest BCUT2D eigenvalue weighted by molar-refractivity contribution is 5.78. The summed E-state index contributed by atoms with van der Waals surface area (Å²) >= 11 is 0. The van der Waals surface area contributed by atoms with Gasteiger partial charge in [0, 0.05) is 37.3 Å². The lowest BCUT2D eigenvalue weighted by Crippen LogP contribution is -2.39. The summed E-state index contributed by atoms with van der Waals surface area (Å²) in [4.78, 5) is 16.4. The summed E-state index contributed by atoms with van der Waals surface area (Å²) in [5.41, 5.74) is 2.87. The predicted molar refractivity (Wildman–Crippen MR) is 103 cm³/mol. The molecule has 1 saturated heterocycles. The fourth-order valence-corrected chi connectivity index (χ4v) is 3.51. The van der Waals surface area contributed by atoms with Crippen molar-refractivity contribution in [3.8, 4) is 17.0 Å². The maximum Gasteiger partial charge on any atom is 0.236 e. The molecular weight excluding hydrogens is 344 g/mol. The first kappa shape index (κ1) is 19.4. The van der Waals surface area contributed by atoms with E-state index >= 15 is 0 Å². The highest BCUT2D eigenvalue weighted by Gasteiger charge is 2.27. The van der Waals surface area contributed by atoms with E-state index in [1.807, 2.05) is 29.2 Å². The molecule has 0 radical (unpaired) electrons. The van der Waals surface area contributed by atoms with Crippen LogP contribution in [0.1, 0.15) is 19.4 Å². The number of ether oxygens (including phenoxy) is 1. The number of nitrogens with zero attached hydrogens (tertiary/aromatic N) is 3. The van der Waals surface area contributed by atoms with Crippen molar-refractivity contribution in [2.24, 2.45) is 5.92 Å². The topological polar surface area (TPSA) is 81.7 Å². The summed E-state index contributed by atoms with van der Waals surface area (Å²) in [7, 11) is 1.64. The average Bonchev–Trinajstić information content (AvgIpc) is 3.03. The second-order valence-corrected chi connectivity index (χ2v) is 7.52. The Balaban J connectivity index is 1.76. The van der Waals surface area contributed by atoms with Crippen molar-refractivity contribution in [3.05, 3.63) is 36.0 Å². The molecular formula is C20H28N4O3. The van der Waals surface area contributed by atoms with E-state index in [0.29, 0.717) is 38.6 Å². The zero-order valence-corrected chi connectivity index (χ0v) is 16.2. The molecule has 1 aromatic carbocycles. The Morgan fingerprint density at radius 3 is 2.93 bits per heavy atom. The van der Waals surface area contributed by atoms with Gasteiger partial charge in [0.2, 0.25) is 5.91 Å². The number of amides is 1. The standard InChI is InChI=1S/C20H28N4O3/c1-14(2)9-24-12-17(25)11-23(13-19(24)26)10-16-8-21-22-20(16)15-5-4-6-18(7-15)27-3/h4-8,14,17,25H,9-13H2,1-3H3,(H,21,22). The molecule has 2 N–H and O–H groups in total. The predicted octanol–water partition coefficient (Wildman–Crippen LogP) is 1.75. The van der Waals surface area contributed by atoms with Crippen LogP contribution in [0, 0.1) is 5.92 Å². The molecule has 27 heavy (non-hydrogen) atoms. The monoisotopic (exact) mass is 372 g/mol. The van der Waals surface area contributed by atoms with E-state index in [1.54, 1.807) is 18.2 Å². The number of carbonyl (C=O) groups excluding carboxylic acids is 1. The summed E-state index contributed by atoms with van der Waals surface area (Å²) < 4.78 is 5.30. The number of methoxy groups -OCH3 is 1. The largest absolute Gasteiger partial charge is 0.497 e. The van der Waals surface area contributed by atoms with Crippen LogP contribution in [-0.4, -0.2) is 70.4 Å². The van der Waals surface area contributed by atoms with Gasteiger partial charge in [0.25, 0.3) is 0 Å². The average molecular weight is 372 g/mol. The summed E-state index contributed by atoms with van der Waals surface area (Å²) in [5, 5.41) is 17.6. The fourth-order valence-electron chi connectivity index (χ4n) is 3.51. The molecule has 7 heteroatoms. The van der Waals surface area contributed by atoms with Crippen LogP contribution in [0.25, 0.3) is 11.3 Å². The molecule has 1 amide bonds. The maximum atomic E-state index is 12.6. The summed E-state index contributed by atoms with van der Waals surface area (Å²) in [6.07, 6.45) is 1.23. The van der Waals surface area contributed by atoms with Crippen molar-refractivity contribution in [1.29, 1.82) is 0 Å². The van der Waals surface area contributed by atoms with E-state index in [2.05, 4.69) is 24.0 Å².